The maximum atomic E-state index is 4.20. The van der Waals surface area contributed by atoms with Crippen molar-refractivity contribution in [1.82, 2.24) is 29.8 Å². The van der Waals surface area contributed by atoms with Gasteiger partial charge in [0.1, 0.15) is 6.33 Å². The Morgan fingerprint density at radius 3 is 3.00 bits per heavy atom. The molecule has 6 heteroatoms. The number of rotatable bonds is 3. The molecule has 0 atom stereocenters. The summed E-state index contributed by atoms with van der Waals surface area (Å²) in [7, 11) is 0. The molecule has 1 aromatic carbocycles. The summed E-state index contributed by atoms with van der Waals surface area (Å²) in [6.07, 6.45) is 4.56. The molecule has 16 heavy (non-hydrogen) atoms. The molecule has 2 heterocycles. The van der Waals surface area contributed by atoms with Crippen LogP contribution in [0.1, 0.15) is 0 Å². The van der Waals surface area contributed by atoms with Crippen molar-refractivity contribution in [2.24, 2.45) is 0 Å². The summed E-state index contributed by atoms with van der Waals surface area (Å²) >= 11 is 0. The molecular weight excluding hydrogens is 204 g/mol. The molecule has 2 aromatic heterocycles. The maximum absolute atomic E-state index is 4.20. The van der Waals surface area contributed by atoms with E-state index in [1.807, 2.05) is 28.8 Å². The number of aromatic nitrogens is 6. The monoisotopic (exact) mass is 213 g/mol. The Kier molecular flexibility index (Phi) is 2.10. The van der Waals surface area contributed by atoms with Gasteiger partial charge in [-0.15, -0.1) is 5.10 Å². The minimum Gasteiger partial charge on any atom is -0.319 e. The Balaban J connectivity index is 1.84. The summed E-state index contributed by atoms with van der Waals surface area (Å²) in [4.78, 5) is 4.20. The fraction of sp³-hybridized carbons (Fsp3) is 0.200. The second-order valence-electron chi connectivity index (χ2n) is 3.43. The lowest BCUT2D eigenvalue weighted by molar-refractivity contribution is 0.524. The number of hydrogen-bond acceptors (Lipinski definition) is 4. The van der Waals surface area contributed by atoms with E-state index in [1.54, 1.807) is 11.0 Å². The zero-order valence-electron chi connectivity index (χ0n) is 8.48. The van der Waals surface area contributed by atoms with Gasteiger partial charge in [-0.2, -0.15) is 0 Å². The lowest BCUT2D eigenvalue weighted by Crippen LogP contribution is -2.07. The maximum Gasteiger partial charge on any atom is 0.177 e. The average Bonchev–Trinajstić information content (AvgIpc) is 2.96. The molecule has 1 radical (unpaired) electrons. The van der Waals surface area contributed by atoms with E-state index in [4.69, 9.17) is 0 Å². The van der Waals surface area contributed by atoms with Crippen LogP contribution in [-0.2, 0) is 13.1 Å². The van der Waals surface area contributed by atoms with E-state index in [0.717, 1.165) is 17.6 Å². The third kappa shape index (κ3) is 1.54. The Labute approximate surface area is 91.5 Å². The van der Waals surface area contributed by atoms with Crippen LogP contribution in [0.2, 0.25) is 0 Å². The van der Waals surface area contributed by atoms with E-state index in [1.165, 1.54) is 0 Å². The van der Waals surface area contributed by atoms with Crippen molar-refractivity contribution in [3.8, 4) is 0 Å². The Morgan fingerprint density at radius 1 is 1.19 bits per heavy atom. The van der Waals surface area contributed by atoms with E-state index < -0.39 is 0 Å². The molecule has 0 fully saturated rings. The Hall–Kier alpha value is -2.24. The molecule has 0 aliphatic heterocycles. The molecule has 0 unspecified atom stereocenters. The van der Waals surface area contributed by atoms with Crippen molar-refractivity contribution in [1.29, 1.82) is 0 Å². The summed E-state index contributed by atoms with van der Waals surface area (Å²) in [5, 5.41) is 11.0. The van der Waals surface area contributed by atoms with Gasteiger partial charge in [-0.3, -0.25) is 0 Å². The molecular formula is C10H9N6. The predicted molar refractivity (Wildman–Crippen MR) is 56.4 cm³/mol. The highest BCUT2D eigenvalue weighted by atomic mass is 15.5. The number of tetrazole rings is 1. The van der Waals surface area contributed by atoms with Crippen LogP contribution in [0.15, 0.2) is 30.6 Å². The van der Waals surface area contributed by atoms with Gasteiger partial charge in [0, 0.05) is 6.54 Å². The average molecular weight is 213 g/mol. The summed E-state index contributed by atoms with van der Waals surface area (Å²) in [5.74, 6) is 0. The molecule has 3 aromatic rings. The van der Waals surface area contributed by atoms with Crippen molar-refractivity contribution in [2.75, 3.05) is 0 Å². The highest BCUT2D eigenvalue weighted by Crippen LogP contribution is 2.10. The number of nitrogens with zero attached hydrogens (tertiary/aromatic N) is 6. The first-order valence-corrected chi connectivity index (χ1v) is 4.97. The zero-order chi connectivity index (χ0) is 10.8. The molecule has 79 valence electrons. The third-order valence-electron chi connectivity index (χ3n) is 2.41. The van der Waals surface area contributed by atoms with Gasteiger partial charge >= 0.3 is 0 Å². The van der Waals surface area contributed by atoms with E-state index >= 15 is 0 Å². The molecule has 6 nitrogen and oxygen atoms in total. The third-order valence-corrected chi connectivity index (χ3v) is 2.41. The molecule has 0 spiro atoms. The van der Waals surface area contributed by atoms with Crippen LogP contribution in [0.3, 0.4) is 0 Å². The molecule has 3 rings (SSSR count). The number of benzene rings is 1. The van der Waals surface area contributed by atoms with Gasteiger partial charge in [0.05, 0.1) is 17.6 Å². The second kappa shape index (κ2) is 3.73. The molecule has 0 saturated carbocycles. The van der Waals surface area contributed by atoms with Gasteiger partial charge in [0.2, 0.25) is 0 Å². The fourth-order valence-corrected chi connectivity index (χ4v) is 1.61. The number of hydrogen-bond donors (Lipinski definition) is 0. The molecule has 0 saturated heterocycles. The Bertz CT molecular complexity index is 582. The molecule has 0 aliphatic rings. The van der Waals surface area contributed by atoms with Crippen LogP contribution >= 0.6 is 0 Å². The molecule has 0 aliphatic carbocycles. The van der Waals surface area contributed by atoms with E-state index in [9.17, 15) is 0 Å². The minimum atomic E-state index is 0.712. The van der Waals surface area contributed by atoms with Crippen LogP contribution < -0.4 is 0 Å². The van der Waals surface area contributed by atoms with Crippen molar-refractivity contribution in [2.45, 2.75) is 13.1 Å². The SMILES string of the molecule is [c]1nc2ccccc2n1CCn1cnnn1. The topological polar surface area (TPSA) is 61.4 Å². The van der Waals surface area contributed by atoms with Crippen LogP contribution in [0, 0.1) is 6.33 Å². The highest BCUT2D eigenvalue weighted by molar-refractivity contribution is 5.74. The zero-order valence-corrected chi connectivity index (χ0v) is 8.48. The highest BCUT2D eigenvalue weighted by Gasteiger charge is 2.02. The first-order valence-electron chi connectivity index (χ1n) is 4.97. The normalized spacial score (nSPS) is 11.0. The summed E-state index contributed by atoms with van der Waals surface area (Å²) < 4.78 is 3.65. The van der Waals surface area contributed by atoms with E-state index in [2.05, 4.69) is 26.8 Å². The second-order valence-corrected chi connectivity index (χ2v) is 3.43. The minimum absolute atomic E-state index is 0.712. The van der Waals surface area contributed by atoms with Gasteiger partial charge in [-0.25, -0.2) is 9.67 Å². The number of imidazole rings is 1. The predicted octanol–water partition coefficient (Wildman–Crippen LogP) is 0.523. The summed E-state index contributed by atoms with van der Waals surface area (Å²) in [6, 6.07) is 7.96. The fourth-order valence-electron chi connectivity index (χ4n) is 1.61. The van der Waals surface area contributed by atoms with Crippen molar-refractivity contribution in [3.63, 3.8) is 0 Å². The molecule has 0 N–H and O–H groups in total. The quantitative estimate of drug-likeness (QED) is 0.636. The van der Waals surface area contributed by atoms with E-state index in [-0.39, 0.29) is 0 Å². The standard InChI is InChI=1S/C10H9N6/c1-2-4-10-9(3-1)11-7-15(10)5-6-16-8-12-13-14-16/h1-4,8H,5-6H2. The van der Waals surface area contributed by atoms with Crippen LogP contribution in [0.4, 0.5) is 0 Å². The van der Waals surface area contributed by atoms with Crippen LogP contribution in [-0.4, -0.2) is 29.8 Å². The lowest BCUT2D eigenvalue weighted by Gasteiger charge is -2.02. The van der Waals surface area contributed by atoms with Crippen molar-refractivity contribution in [3.05, 3.63) is 36.9 Å². The van der Waals surface area contributed by atoms with Crippen LogP contribution in [0.25, 0.3) is 11.0 Å². The van der Waals surface area contributed by atoms with Gasteiger partial charge in [0.15, 0.2) is 6.33 Å². The molecule has 0 bridgehead atoms. The largest absolute Gasteiger partial charge is 0.319 e. The van der Waals surface area contributed by atoms with Gasteiger partial charge in [-0.1, -0.05) is 12.1 Å². The first kappa shape index (κ1) is 9.02. The van der Waals surface area contributed by atoms with Crippen LogP contribution in [0.5, 0.6) is 0 Å². The summed E-state index contributed by atoms with van der Waals surface area (Å²) in [5.41, 5.74) is 2.04. The lowest BCUT2D eigenvalue weighted by atomic mass is 10.3. The van der Waals surface area contributed by atoms with E-state index in [0.29, 0.717) is 6.54 Å². The molecule has 0 amide bonds. The summed E-state index contributed by atoms with van der Waals surface area (Å²) in [6.45, 7) is 1.47. The Morgan fingerprint density at radius 2 is 2.12 bits per heavy atom. The van der Waals surface area contributed by atoms with Crippen molar-refractivity contribution < 1.29 is 0 Å². The first-order chi connectivity index (χ1) is 7.93. The number of para-hydroxylation sites is 2. The van der Waals surface area contributed by atoms with Crippen molar-refractivity contribution >= 4 is 11.0 Å². The smallest absolute Gasteiger partial charge is 0.177 e. The van der Waals surface area contributed by atoms with Gasteiger partial charge in [0.25, 0.3) is 0 Å². The van der Waals surface area contributed by atoms with Gasteiger partial charge in [-0.05, 0) is 22.6 Å². The number of fused-ring (bicyclic) bond motifs is 1. The number of aryl methyl sites for hydroxylation is 2. The van der Waals surface area contributed by atoms with Gasteiger partial charge < -0.3 is 4.57 Å².